The molecule has 0 saturated heterocycles. The third-order valence-corrected chi connectivity index (χ3v) is 10.9. The molecule has 10 heteroatoms. The van der Waals surface area contributed by atoms with Crippen molar-refractivity contribution in [2.45, 2.75) is 108 Å². The van der Waals surface area contributed by atoms with Gasteiger partial charge in [-0.3, -0.25) is 4.79 Å². The fourth-order valence-electron chi connectivity index (χ4n) is 8.34. The molecular formula is C35H41F3N4O3. The number of amides is 1. The molecular weight excluding hydrogens is 581 g/mol. The van der Waals surface area contributed by atoms with Gasteiger partial charge in [0.2, 0.25) is 11.8 Å². The minimum absolute atomic E-state index is 0.0152. The number of hydrogen-bond donors (Lipinski definition) is 1. The first-order chi connectivity index (χ1) is 21.3. The molecule has 7 nitrogen and oxygen atoms in total. The number of carbonyl (C=O) groups is 1. The summed E-state index contributed by atoms with van der Waals surface area (Å²) in [4.78, 5) is 20.9. The number of nitrogens with zero attached hydrogens (tertiary/aromatic N) is 3. The van der Waals surface area contributed by atoms with Gasteiger partial charge in [-0.25, -0.2) is 4.39 Å². The van der Waals surface area contributed by atoms with Crippen LogP contribution in [-0.4, -0.2) is 34.9 Å². The molecule has 3 aromatic rings. The Balaban J connectivity index is 1.10. The number of alkyl halides is 3. The standard InChI is InChI=1S/C35H41F3N4O3/c1-31(2,3)29-40-28(41-45-29)34-14-11-32(12-15-34,13-16-34)22-42(27(43)18-33-19-35(38,20-33)21-33)25-6-4-5-24(17-25)39-23-7-9-26(10-8-23)44-30(36)37/h4-10,17,30,39H,11-16,18-22H2,1-3H3. The van der Waals surface area contributed by atoms with E-state index < -0.39 is 12.3 Å². The number of benzene rings is 2. The summed E-state index contributed by atoms with van der Waals surface area (Å²) in [5.41, 5.74) is 0.737. The Hall–Kier alpha value is -3.56. The van der Waals surface area contributed by atoms with E-state index in [1.807, 2.05) is 29.2 Å². The maximum atomic E-state index is 14.4. The van der Waals surface area contributed by atoms with Crippen LogP contribution in [0.5, 0.6) is 5.75 Å². The topological polar surface area (TPSA) is 80.5 Å². The number of anilines is 3. The first-order valence-corrected chi connectivity index (χ1v) is 16.0. The Morgan fingerprint density at radius 3 is 2.22 bits per heavy atom. The lowest BCUT2D eigenvalue weighted by Crippen LogP contribution is -2.65. The van der Waals surface area contributed by atoms with Crippen molar-refractivity contribution >= 4 is 23.0 Å². The van der Waals surface area contributed by atoms with Crippen LogP contribution in [0.25, 0.3) is 0 Å². The van der Waals surface area contributed by atoms with Crippen molar-refractivity contribution in [1.82, 2.24) is 10.1 Å². The smallest absolute Gasteiger partial charge is 0.387 e. The number of fused-ring (bicyclic) bond motifs is 3. The van der Waals surface area contributed by atoms with Gasteiger partial charge in [0.05, 0.1) is 0 Å². The molecule has 6 aliphatic carbocycles. The van der Waals surface area contributed by atoms with Gasteiger partial charge >= 0.3 is 6.61 Å². The van der Waals surface area contributed by atoms with E-state index in [1.165, 1.54) is 12.1 Å². The van der Waals surface area contributed by atoms with Crippen molar-refractivity contribution in [1.29, 1.82) is 0 Å². The fraction of sp³-hybridized carbons (Fsp3) is 0.571. The average Bonchev–Trinajstić information content (AvgIpc) is 3.49. The third kappa shape index (κ3) is 5.69. The molecule has 1 aromatic heterocycles. The highest BCUT2D eigenvalue weighted by Gasteiger charge is 2.69. The van der Waals surface area contributed by atoms with Gasteiger partial charge in [-0.1, -0.05) is 32.0 Å². The van der Waals surface area contributed by atoms with Crippen molar-refractivity contribution in [3.05, 3.63) is 60.2 Å². The Morgan fingerprint density at radius 2 is 1.64 bits per heavy atom. The second-order valence-electron chi connectivity index (χ2n) is 15.4. The van der Waals surface area contributed by atoms with E-state index in [1.54, 1.807) is 12.1 Å². The second kappa shape index (κ2) is 10.5. The van der Waals surface area contributed by atoms with Crippen LogP contribution in [0.3, 0.4) is 0 Å². The van der Waals surface area contributed by atoms with E-state index in [0.717, 1.165) is 55.7 Å². The second-order valence-corrected chi connectivity index (χ2v) is 15.4. The van der Waals surface area contributed by atoms with Crippen LogP contribution in [0, 0.1) is 10.8 Å². The molecule has 1 amide bonds. The first-order valence-electron chi connectivity index (χ1n) is 16.0. The maximum absolute atomic E-state index is 14.4. The first kappa shape index (κ1) is 30.1. The minimum Gasteiger partial charge on any atom is -0.435 e. The van der Waals surface area contributed by atoms with Crippen molar-refractivity contribution in [2.24, 2.45) is 10.8 Å². The van der Waals surface area contributed by atoms with Crippen LogP contribution in [0.4, 0.5) is 30.2 Å². The minimum atomic E-state index is -2.88. The van der Waals surface area contributed by atoms with E-state index in [9.17, 15) is 18.0 Å². The number of rotatable bonds is 10. The van der Waals surface area contributed by atoms with Crippen molar-refractivity contribution in [2.75, 3.05) is 16.8 Å². The quantitative estimate of drug-likeness (QED) is 0.244. The summed E-state index contributed by atoms with van der Waals surface area (Å²) in [6, 6.07) is 14.1. The van der Waals surface area contributed by atoms with Gasteiger partial charge in [-0.2, -0.15) is 13.8 Å². The zero-order valence-corrected chi connectivity index (χ0v) is 26.2. The van der Waals surface area contributed by atoms with E-state index >= 15 is 0 Å². The number of hydrogen-bond acceptors (Lipinski definition) is 6. The van der Waals surface area contributed by atoms with Gasteiger partial charge in [0, 0.05) is 40.9 Å². The molecule has 1 heterocycles. The molecule has 6 aliphatic rings. The molecule has 2 aromatic carbocycles. The van der Waals surface area contributed by atoms with Gasteiger partial charge < -0.3 is 19.5 Å². The molecule has 0 atom stereocenters. The van der Waals surface area contributed by atoms with Gasteiger partial charge in [-0.15, -0.1) is 0 Å². The number of nitrogens with one attached hydrogen (secondary N) is 1. The Morgan fingerprint density at radius 1 is 0.978 bits per heavy atom. The molecule has 45 heavy (non-hydrogen) atoms. The zero-order chi connectivity index (χ0) is 31.7. The highest BCUT2D eigenvalue weighted by molar-refractivity contribution is 5.95. The van der Waals surface area contributed by atoms with Crippen LogP contribution >= 0.6 is 0 Å². The van der Waals surface area contributed by atoms with E-state index in [4.69, 9.17) is 9.51 Å². The summed E-state index contributed by atoms with van der Waals surface area (Å²) in [5, 5.41) is 7.75. The summed E-state index contributed by atoms with van der Waals surface area (Å²) < 4.78 is 49.6. The average molecular weight is 623 g/mol. The SMILES string of the molecule is CC(C)(C)c1nc(C23CCC(CN(C(=O)CC45CC(F)(C4)C5)c4cccc(Nc5ccc(OC(F)F)cc5)c4)(CC2)CC3)no1. The molecule has 6 saturated carbocycles. The van der Waals surface area contributed by atoms with Crippen LogP contribution in [0.2, 0.25) is 0 Å². The summed E-state index contributed by atoms with van der Waals surface area (Å²) in [5.74, 6) is 1.62. The van der Waals surface area contributed by atoms with Crippen molar-refractivity contribution in [3.63, 3.8) is 0 Å². The van der Waals surface area contributed by atoms with E-state index in [2.05, 4.69) is 36.0 Å². The van der Waals surface area contributed by atoms with Crippen LogP contribution in [0.1, 0.15) is 96.7 Å². The lowest BCUT2D eigenvalue weighted by Gasteiger charge is -2.66. The molecule has 6 fully saturated rings. The highest BCUT2D eigenvalue weighted by atomic mass is 19.3. The summed E-state index contributed by atoms with van der Waals surface area (Å²) in [7, 11) is 0. The van der Waals surface area contributed by atoms with Crippen molar-refractivity contribution < 1.29 is 27.2 Å². The molecule has 0 unspecified atom stereocenters. The summed E-state index contributed by atoms with van der Waals surface area (Å²) >= 11 is 0. The fourth-order valence-corrected chi connectivity index (χ4v) is 8.34. The highest BCUT2D eigenvalue weighted by Crippen LogP contribution is 2.71. The van der Waals surface area contributed by atoms with Gasteiger partial charge in [0.25, 0.3) is 0 Å². The van der Waals surface area contributed by atoms with E-state index in [0.29, 0.717) is 43.8 Å². The molecule has 9 rings (SSSR count). The molecule has 1 N–H and O–H groups in total. The molecule has 0 radical (unpaired) electrons. The van der Waals surface area contributed by atoms with Gasteiger partial charge in [-0.05, 0) is 111 Å². The van der Waals surface area contributed by atoms with Crippen LogP contribution in [-0.2, 0) is 15.6 Å². The van der Waals surface area contributed by atoms with Crippen LogP contribution in [0.15, 0.2) is 53.1 Å². The summed E-state index contributed by atoms with van der Waals surface area (Å²) in [6.45, 7) is 3.96. The van der Waals surface area contributed by atoms with E-state index in [-0.39, 0.29) is 33.3 Å². The van der Waals surface area contributed by atoms with Crippen molar-refractivity contribution in [3.8, 4) is 5.75 Å². The normalized spacial score (nSPS) is 30.0. The number of aromatic nitrogens is 2. The van der Waals surface area contributed by atoms with Gasteiger partial charge in [0.1, 0.15) is 11.4 Å². The zero-order valence-electron chi connectivity index (χ0n) is 26.2. The number of carbonyl (C=O) groups excluding carboxylic acids is 1. The number of ether oxygens (including phenoxy) is 1. The molecule has 240 valence electrons. The Kier molecular flexibility index (Phi) is 7.02. The monoisotopic (exact) mass is 622 g/mol. The molecule has 0 aliphatic heterocycles. The predicted molar refractivity (Wildman–Crippen MR) is 165 cm³/mol. The molecule has 0 spiro atoms. The lowest BCUT2D eigenvalue weighted by atomic mass is 9.41. The maximum Gasteiger partial charge on any atom is 0.387 e. The molecule has 4 bridgehead atoms. The predicted octanol–water partition coefficient (Wildman–Crippen LogP) is 8.62. The largest absolute Gasteiger partial charge is 0.435 e. The lowest BCUT2D eigenvalue weighted by molar-refractivity contribution is -0.215. The Bertz CT molecular complexity index is 1540. The van der Waals surface area contributed by atoms with Gasteiger partial charge in [0.15, 0.2) is 5.82 Å². The Labute approximate surface area is 261 Å². The summed E-state index contributed by atoms with van der Waals surface area (Å²) in [6.07, 6.45) is 7.61. The number of halogens is 3. The van der Waals surface area contributed by atoms with Crippen LogP contribution < -0.4 is 15.0 Å². The third-order valence-electron chi connectivity index (χ3n) is 10.9.